The van der Waals surface area contributed by atoms with E-state index in [1.807, 2.05) is 0 Å². The molecular formula is C20H15Cl2FN4O3. The quantitative estimate of drug-likeness (QED) is 0.703. The van der Waals surface area contributed by atoms with Crippen LogP contribution in [0.3, 0.4) is 0 Å². The van der Waals surface area contributed by atoms with Crippen LogP contribution in [0.5, 0.6) is 0 Å². The zero-order chi connectivity index (χ0) is 21.5. The molecule has 4 rings (SSSR count). The van der Waals surface area contributed by atoms with Crippen LogP contribution in [-0.4, -0.2) is 36.2 Å². The summed E-state index contributed by atoms with van der Waals surface area (Å²) in [5, 5.41) is 3.00. The van der Waals surface area contributed by atoms with Crippen LogP contribution >= 0.6 is 23.2 Å². The van der Waals surface area contributed by atoms with Crippen molar-refractivity contribution in [3.63, 3.8) is 0 Å². The van der Waals surface area contributed by atoms with Gasteiger partial charge in [0.05, 0.1) is 29.2 Å². The lowest BCUT2D eigenvalue weighted by Crippen LogP contribution is -2.48. The van der Waals surface area contributed by atoms with E-state index in [0.29, 0.717) is 5.02 Å². The number of benzene rings is 1. The topological polar surface area (TPSA) is 98.8 Å². The minimum Gasteiger partial charge on any atom is -0.459 e. The highest BCUT2D eigenvalue weighted by molar-refractivity contribution is 6.36. The third-order valence-corrected chi connectivity index (χ3v) is 5.50. The summed E-state index contributed by atoms with van der Waals surface area (Å²) in [6, 6.07) is 5.24. The van der Waals surface area contributed by atoms with Crippen LogP contribution in [0.25, 0.3) is 0 Å². The Morgan fingerprint density at radius 1 is 1.37 bits per heavy atom. The van der Waals surface area contributed by atoms with Gasteiger partial charge in [0.25, 0.3) is 11.9 Å². The van der Waals surface area contributed by atoms with Gasteiger partial charge in [0, 0.05) is 17.4 Å². The molecule has 10 heteroatoms. The number of anilines is 1. The second-order valence-electron chi connectivity index (χ2n) is 6.79. The van der Waals surface area contributed by atoms with E-state index in [9.17, 15) is 9.18 Å². The number of hydrogen-bond acceptors (Lipinski definition) is 6. The first-order valence-corrected chi connectivity index (χ1v) is 9.59. The van der Waals surface area contributed by atoms with Gasteiger partial charge in [-0.2, -0.15) is 0 Å². The lowest BCUT2D eigenvalue weighted by atomic mass is 9.76. The maximum atomic E-state index is 14.9. The second-order valence-corrected chi connectivity index (χ2v) is 7.64. The molecule has 1 unspecified atom stereocenters. The predicted octanol–water partition coefficient (Wildman–Crippen LogP) is 2.97. The normalized spacial score (nSPS) is 24.9. The standard InChI is InChI=1S/C20H15Cl2FN4O3/c1-2-20(13-8-29-9-16(13)30-19(24)27-20)12-6-11(3-4-15(12)23)26-18(28)17-14(22)5-10(21)7-25-17/h1,3-7,13,16H,8-9H2,(H2,24,27)(H,26,28)/t13-,16+,20?/m0/s1. The van der Waals surface area contributed by atoms with Gasteiger partial charge < -0.3 is 20.5 Å². The summed E-state index contributed by atoms with van der Waals surface area (Å²) in [6.45, 7) is 0.495. The fourth-order valence-corrected chi connectivity index (χ4v) is 4.09. The Balaban J connectivity index is 1.72. The minimum atomic E-state index is -1.44. The molecule has 0 spiro atoms. The number of halogens is 3. The van der Waals surface area contributed by atoms with Crippen molar-refractivity contribution in [3.8, 4) is 12.3 Å². The molecule has 1 amide bonds. The molecule has 1 aromatic heterocycles. The third-order valence-electron chi connectivity index (χ3n) is 5.00. The molecule has 1 saturated heterocycles. The van der Waals surface area contributed by atoms with Crippen molar-refractivity contribution in [1.82, 2.24) is 4.98 Å². The fourth-order valence-electron chi connectivity index (χ4n) is 3.62. The first-order chi connectivity index (χ1) is 14.3. The summed E-state index contributed by atoms with van der Waals surface area (Å²) in [5.74, 6) is 0.938. The van der Waals surface area contributed by atoms with E-state index in [1.54, 1.807) is 0 Å². The molecule has 0 aliphatic carbocycles. The van der Waals surface area contributed by atoms with E-state index in [-0.39, 0.29) is 41.2 Å². The Bertz CT molecular complexity index is 1100. The summed E-state index contributed by atoms with van der Waals surface area (Å²) in [4.78, 5) is 20.8. The molecule has 0 saturated carbocycles. The maximum absolute atomic E-state index is 14.9. The van der Waals surface area contributed by atoms with Gasteiger partial charge in [-0.1, -0.05) is 29.1 Å². The minimum absolute atomic E-state index is 0.0313. The second kappa shape index (κ2) is 7.76. The fraction of sp³-hybridized carbons (Fsp3) is 0.250. The van der Waals surface area contributed by atoms with E-state index in [4.69, 9.17) is 44.8 Å². The molecule has 154 valence electrons. The van der Waals surface area contributed by atoms with Gasteiger partial charge in [0.1, 0.15) is 17.6 Å². The molecule has 1 fully saturated rings. The molecule has 2 aromatic rings. The summed E-state index contributed by atoms with van der Waals surface area (Å²) in [5.41, 5.74) is 4.68. The number of aliphatic imine (C=N–C) groups is 1. The molecular weight excluding hydrogens is 434 g/mol. The number of fused-ring (bicyclic) bond motifs is 1. The van der Waals surface area contributed by atoms with Crippen molar-refractivity contribution in [2.45, 2.75) is 11.6 Å². The maximum Gasteiger partial charge on any atom is 0.284 e. The number of aromatic nitrogens is 1. The van der Waals surface area contributed by atoms with Crippen LogP contribution in [0.4, 0.5) is 10.1 Å². The van der Waals surface area contributed by atoms with Crippen molar-refractivity contribution in [3.05, 3.63) is 57.6 Å². The molecule has 1 aromatic carbocycles. The van der Waals surface area contributed by atoms with E-state index < -0.39 is 29.3 Å². The number of amides is 1. The molecule has 2 aliphatic heterocycles. The zero-order valence-electron chi connectivity index (χ0n) is 15.4. The zero-order valence-corrected chi connectivity index (χ0v) is 16.9. The van der Waals surface area contributed by atoms with E-state index in [1.165, 1.54) is 30.5 Å². The van der Waals surface area contributed by atoms with E-state index in [0.717, 1.165) is 0 Å². The van der Waals surface area contributed by atoms with Gasteiger partial charge in [-0.05, 0) is 24.3 Å². The largest absolute Gasteiger partial charge is 0.459 e. The lowest BCUT2D eigenvalue weighted by Gasteiger charge is -2.37. The van der Waals surface area contributed by atoms with Crippen molar-refractivity contribution in [2.24, 2.45) is 16.6 Å². The average molecular weight is 449 g/mol. The highest BCUT2D eigenvalue weighted by Gasteiger charge is 2.52. The number of amidine groups is 1. The third kappa shape index (κ3) is 3.45. The number of terminal acetylenes is 1. The first-order valence-electron chi connectivity index (χ1n) is 8.84. The average Bonchev–Trinajstić information content (AvgIpc) is 3.17. The van der Waals surface area contributed by atoms with Crippen LogP contribution < -0.4 is 11.1 Å². The van der Waals surface area contributed by atoms with Gasteiger partial charge >= 0.3 is 0 Å². The van der Waals surface area contributed by atoms with Gasteiger partial charge in [0.2, 0.25) is 0 Å². The molecule has 3 atom stereocenters. The van der Waals surface area contributed by atoms with Gasteiger partial charge in [0.15, 0.2) is 5.54 Å². The summed E-state index contributed by atoms with van der Waals surface area (Å²) in [7, 11) is 0. The van der Waals surface area contributed by atoms with Crippen molar-refractivity contribution in [1.29, 1.82) is 0 Å². The summed E-state index contributed by atoms with van der Waals surface area (Å²) >= 11 is 11.8. The Hall–Kier alpha value is -2.86. The highest BCUT2D eigenvalue weighted by Crippen LogP contribution is 2.43. The Morgan fingerprint density at radius 2 is 2.17 bits per heavy atom. The molecule has 3 N–H and O–H groups in total. The SMILES string of the molecule is C#CC1(c2cc(NC(=O)c3ncc(Cl)cc3Cl)ccc2F)N=C(N)O[C@@H]2COC[C@@H]21. The number of nitrogens with two attached hydrogens (primary N) is 1. The molecule has 2 aliphatic rings. The lowest BCUT2D eigenvalue weighted by molar-refractivity contribution is 0.0940. The van der Waals surface area contributed by atoms with Gasteiger partial charge in [-0.15, -0.1) is 6.42 Å². The van der Waals surface area contributed by atoms with Gasteiger partial charge in [-0.3, -0.25) is 4.79 Å². The molecule has 3 heterocycles. The van der Waals surface area contributed by atoms with Gasteiger partial charge in [-0.25, -0.2) is 14.4 Å². The van der Waals surface area contributed by atoms with E-state index >= 15 is 0 Å². The number of carbonyl (C=O) groups excluding carboxylic acids is 1. The van der Waals surface area contributed by atoms with Crippen molar-refractivity contribution >= 4 is 40.8 Å². The number of hydrogen-bond donors (Lipinski definition) is 2. The molecule has 0 bridgehead atoms. The molecule has 0 radical (unpaired) electrons. The van der Waals surface area contributed by atoms with Crippen LogP contribution in [0.2, 0.25) is 10.0 Å². The number of ether oxygens (including phenoxy) is 2. The van der Waals surface area contributed by atoms with Crippen molar-refractivity contribution < 1.29 is 18.7 Å². The summed E-state index contributed by atoms with van der Waals surface area (Å²) < 4.78 is 25.8. The number of carbonyl (C=O) groups is 1. The Morgan fingerprint density at radius 3 is 2.90 bits per heavy atom. The number of rotatable bonds is 3. The predicted molar refractivity (Wildman–Crippen MR) is 110 cm³/mol. The summed E-state index contributed by atoms with van der Waals surface area (Å²) in [6.07, 6.45) is 6.66. The van der Waals surface area contributed by atoms with Crippen LogP contribution in [-0.2, 0) is 15.0 Å². The van der Waals surface area contributed by atoms with Crippen LogP contribution in [0.15, 0.2) is 35.5 Å². The molecule has 7 nitrogen and oxygen atoms in total. The number of pyridine rings is 1. The molecule has 30 heavy (non-hydrogen) atoms. The monoisotopic (exact) mass is 448 g/mol. The van der Waals surface area contributed by atoms with E-state index in [2.05, 4.69) is 21.2 Å². The smallest absolute Gasteiger partial charge is 0.284 e. The number of nitrogens with zero attached hydrogens (tertiary/aromatic N) is 2. The highest BCUT2D eigenvalue weighted by atomic mass is 35.5. The Kier molecular flexibility index (Phi) is 5.28. The number of nitrogens with one attached hydrogen (secondary N) is 1. The van der Waals surface area contributed by atoms with Crippen LogP contribution in [0, 0.1) is 24.1 Å². The van der Waals surface area contributed by atoms with Crippen LogP contribution in [0.1, 0.15) is 16.1 Å². The van der Waals surface area contributed by atoms with Crippen molar-refractivity contribution in [2.75, 3.05) is 18.5 Å². The Labute approximate surface area is 181 Å². The first kappa shape index (κ1) is 20.4.